The van der Waals surface area contributed by atoms with Crippen LogP contribution in [0.2, 0.25) is 0 Å². The first kappa shape index (κ1) is 17.3. The highest BCUT2D eigenvalue weighted by atomic mass is 16.2. The second-order valence-electron chi connectivity index (χ2n) is 6.09. The molecule has 6 nitrogen and oxygen atoms in total. The molecule has 2 heterocycles. The number of carbonyl (C=O) groups is 1. The van der Waals surface area contributed by atoms with Crippen LogP contribution in [-0.4, -0.2) is 59.6 Å². The fourth-order valence-electron chi connectivity index (χ4n) is 2.81. The van der Waals surface area contributed by atoms with E-state index in [1.54, 1.807) is 12.4 Å². The van der Waals surface area contributed by atoms with E-state index in [1.165, 1.54) is 5.56 Å². The first-order valence-electron chi connectivity index (χ1n) is 8.51. The van der Waals surface area contributed by atoms with Crippen molar-refractivity contribution in [2.24, 2.45) is 5.10 Å². The highest BCUT2D eigenvalue weighted by Crippen LogP contribution is 2.08. The van der Waals surface area contributed by atoms with Gasteiger partial charge in [-0.2, -0.15) is 5.10 Å². The molecule has 1 N–H and O–H groups in total. The highest BCUT2D eigenvalue weighted by Gasteiger charge is 2.18. The quantitative estimate of drug-likeness (QED) is 0.638. The molecule has 6 heteroatoms. The molecule has 0 bridgehead atoms. The van der Waals surface area contributed by atoms with E-state index >= 15 is 0 Å². The summed E-state index contributed by atoms with van der Waals surface area (Å²) < 4.78 is 0. The Bertz CT molecular complexity index is 681. The lowest BCUT2D eigenvalue weighted by Crippen LogP contribution is -2.48. The number of nitrogens with zero attached hydrogens (tertiary/aromatic N) is 4. The molecule has 1 fully saturated rings. The van der Waals surface area contributed by atoms with Gasteiger partial charge in [0.2, 0.25) is 0 Å². The summed E-state index contributed by atoms with van der Waals surface area (Å²) in [6.07, 6.45) is 3.24. The molecule has 1 saturated heterocycles. The zero-order valence-corrected chi connectivity index (χ0v) is 14.2. The molecule has 3 rings (SSSR count). The fourth-order valence-corrected chi connectivity index (χ4v) is 2.81. The third-order valence-corrected chi connectivity index (χ3v) is 4.15. The van der Waals surface area contributed by atoms with Crippen LogP contribution in [-0.2, 0) is 11.3 Å². The van der Waals surface area contributed by atoms with Gasteiger partial charge >= 0.3 is 0 Å². The van der Waals surface area contributed by atoms with Gasteiger partial charge in [-0.15, -0.1) is 0 Å². The number of carbonyl (C=O) groups excluding carboxylic acids is 1. The van der Waals surface area contributed by atoms with Crippen molar-refractivity contribution in [1.29, 1.82) is 0 Å². The molecule has 0 spiro atoms. The average Bonchev–Trinajstić information content (AvgIpc) is 2.65. The van der Waals surface area contributed by atoms with Gasteiger partial charge in [-0.25, -0.2) is 5.43 Å². The van der Waals surface area contributed by atoms with Gasteiger partial charge in [-0.05, 0) is 17.7 Å². The van der Waals surface area contributed by atoms with Crippen molar-refractivity contribution in [3.63, 3.8) is 0 Å². The lowest BCUT2D eigenvalue weighted by molar-refractivity contribution is -0.122. The number of hydrogen-bond donors (Lipinski definition) is 1. The molecular weight excluding hydrogens is 314 g/mol. The van der Waals surface area contributed by atoms with E-state index in [0.717, 1.165) is 38.4 Å². The summed E-state index contributed by atoms with van der Waals surface area (Å²) in [5.41, 5.74) is 4.62. The summed E-state index contributed by atoms with van der Waals surface area (Å²) >= 11 is 0. The summed E-state index contributed by atoms with van der Waals surface area (Å²) in [5.74, 6) is -0.0938. The smallest absolute Gasteiger partial charge is 0.254 e. The number of hydrazone groups is 1. The number of nitrogens with one attached hydrogen (secondary N) is 1. The van der Waals surface area contributed by atoms with Crippen LogP contribution < -0.4 is 5.43 Å². The minimum absolute atomic E-state index is 0.0938. The van der Waals surface area contributed by atoms with Crippen molar-refractivity contribution in [1.82, 2.24) is 20.2 Å². The minimum Gasteiger partial charge on any atom is -0.297 e. The average molecular weight is 337 g/mol. The highest BCUT2D eigenvalue weighted by molar-refractivity contribution is 5.81. The minimum atomic E-state index is -0.0938. The predicted octanol–water partition coefficient (Wildman–Crippen LogP) is 1.35. The van der Waals surface area contributed by atoms with Gasteiger partial charge in [0, 0.05) is 38.9 Å². The largest absolute Gasteiger partial charge is 0.297 e. The molecule has 0 saturated carbocycles. The van der Waals surface area contributed by atoms with E-state index in [9.17, 15) is 4.79 Å². The zero-order valence-electron chi connectivity index (χ0n) is 14.2. The van der Waals surface area contributed by atoms with Crippen LogP contribution >= 0.6 is 0 Å². The van der Waals surface area contributed by atoms with Crippen LogP contribution in [0.5, 0.6) is 0 Å². The second-order valence-corrected chi connectivity index (χ2v) is 6.09. The van der Waals surface area contributed by atoms with Crippen molar-refractivity contribution >= 4 is 12.1 Å². The summed E-state index contributed by atoms with van der Waals surface area (Å²) in [7, 11) is 0. The van der Waals surface area contributed by atoms with E-state index in [4.69, 9.17) is 0 Å². The molecule has 0 unspecified atom stereocenters. The van der Waals surface area contributed by atoms with Gasteiger partial charge in [-0.3, -0.25) is 19.6 Å². The third kappa shape index (κ3) is 5.77. The molecule has 25 heavy (non-hydrogen) atoms. The summed E-state index contributed by atoms with van der Waals surface area (Å²) in [5, 5.41) is 3.95. The van der Waals surface area contributed by atoms with Crippen molar-refractivity contribution in [2.45, 2.75) is 6.54 Å². The first-order valence-corrected chi connectivity index (χ1v) is 8.51. The van der Waals surface area contributed by atoms with Crippen molar-refractivity contribution in [3.8, 4) is 0 Å². The fraction of sp³-hybridized carbons (Fsp3) is 0.316. The molecule has 130 valence electrons. The number of amides is 1. The lowest BCUT2D eigenvalue weighted by atomic mass is 10.2. The molecule has 2 aromatic rings. The number of aromatic nitrogens is 1. The third-order valence-electron chi connectivity index (χ3n) is 4.15. The monoisotopic (exact) mass is 337 g/mol. The Labute approximate surface area is 148 Å². The van der Waals surface area contributed by atoms with Crippen LogP contribution in [0.15, 0.2) is 59.8 Å². The zero-order chi connectivity index (χ0) is 17.3. The Morgan fingerprint density at radius 2 is 1.76 bits per heavy atom. The van der Waals surface area contributed by atoms with Crippen LogP contribution in [0.1, 0.15) is 11.3 Å². The molecule has 1 aromatic carbocycles. The Morgan fingerprint density at radius 3 is 2.48 bits per heavy atom. The SMILES string of the molecule is O=C(CN1CCN(Cc2ccccc2)CC1)NN=Cc1ccccn1. The van der Waals surface area contributed by atoms with Gasteiger partial charge in [0.15, 0.2) is 0 Å². The van der Waals surface area contributed by atoms with Crippen LogP contribution in [0.3, 0.4) is 0 Å². The molecule has 1 aromatic heterocycles. The maximum atomic E-state index is 12.0. The maximum Gasteiger partial charge on any atom is 0.254 e. The number of pyridine rings is 1. The standard InChI is InChI=1S/C19H23N5O/c25-19(22-21-14-18-8-4-5-9-20-18)16-24-12-10-23(11-13-24)15-17-6-2-1-3-7-17/h1-9,14H,10-13,15-16H2,(H,22,25). The number of hydrogen-bond acceptors (Lipinski definition) is 5. The molecule has 1 aliphatic heterocycles. The van der Waals surface area contributed by atoms with Crippen LogP contribution in [0.4, 0.5) is 0 Å². The van der Waals surface area contributed by atoms with Gasteiger partial charge < -0.3 is 0 Å². The molecule has 0 atom stereocenters. The number of rotatable bonds is 6. The Balaban J connectivity index is 1.37. The molecule has 1 aliphatic rings. The Morgan fingerprint density at radius 1 is 1.04 bits per heavy atom. The van der Waals surface area contributed by atoms with Crippen molar-refractivity contribution in [2.75, 3.05) is 32.7 Å². The van der Waals surface area contributed by atoms with E-state index in [0.29, 0.717) is 6.54 Å². The van der Waals surface area contributed by atoms with E-state index in [1.807, 2.05) is 24.3 Å². The van der Waals surface area contributed by atoms with E-state index in [-0.39, 0.29) is 5.91 Å². The van der Waals surface area contributed by atoms with Gasteiger partial charge in [0.05, 0.1) is 18.5 Å². The Hall–Kier alpha value is -2.57. The van der Waals surface area contributed by atoms with Crippen LogP contribution in [0.25, 0.3) is 0 Å². The number of benzene rings is 1. The van der Waals surface area contributed by atoms with E-state index < -0.39 is 0 Å². The molecule has 1 amide bonds. The van der Waals surface area contributed by atoms with Gasteiger partial charge in [0.25, 0.3) is 5.91 Å². The normalized spacial score (nSPS) is 16.2. The van der Waals surface area contributed by atoms with Gasteiger partial charge in [0.1, 0.15) is 0 Å². The molecule has 0 aliphatic carbocycles. The van der Waals surface area contributed by atoms with Crippen molar-refractivity contribution in [3.05, 3.63) is 66.0 Å². The molecule has 0 radical (unpaired) electrons. The molecular formula is C19H23N5O. The Kier molecular flexibility index (Phi) is 6.25. The topological polar surface area (TPSA) is 60.8 Å². The van der Waals surface area contributed by atoms with Crippen LogP contribution in [0, 0.1) is 0 Å². The summed E-state index contributed by atoms with van der Waals surface area (Å²) in [4.78, 5) is 20.7. The predicted molar refractivity (Wildman–Crippen MR) is 98.1 cm³/mol. The maximum absolute atomic E-state index is 12.0. The number of piperazine rings is 1. The summed E-state index contributed by atoms with van der Waals surface area (Å²) in [6, 6.07) is 16.0. The van der Waals surface area contributed by atoms with E-state index in [2.05, 4.69) is 49.6 Å². The van der Waals surface area contributed by atoms with Crippen molar-refractivity contribution < 1.29 is 4.79 Å². The second kappa shape index (κ2) is 9.05. The summed E-state index contributed by atoms with van der Waals surface area (Å²) in [6.45, 7) is 5.07. The lowest BCUT2D eigenvalue weighted by Gasteiger charge is -2.34. The first-order chi connectivity index (χ1) is 12.3. The van der Waals surface area contributed by atoms with Gasteiger partial charge in [-0.1, -0.05) is 36.4 Å².